The minimum atomic E-state index is -0.408. The van der Waals surface area contributed by atoms with Crippen LogP contribution >= 0.6 is 0 Å². The molecule has 0 saturated heterocycles. The lowest BCUT2D eigenvalue weighted by Gasteiger charge is -2.19. The molecule has 1 amide bonds. The molecule has 130 valence electrons. The summed E-state index contributed by atoms with van der Waals surface area (Å²) in [6.45, 7) is 2.75. The van der Waals surface area contributed by atoms with Gasteiger partial charge in [0.1, 0.15) is 17.3 Å². The number of rotatable bonds is 5. The Morgan fingerprint density at radius 2 is 2.20 bits per heavy atom. The molecule has 0 aliphatic carbocycles. The highest BCUT2D eigenvalue weighted by atomic mass is 19.1. The minimum absolute atomic E-state index is 0.105. The third-order valence-electron chi connectivity index (χ3n) is 3.56. The van der Waals surface area contributed by atoms with E-state index in [1.165, 1.54) is 24.3 Å². The van der Waals surface area contributed by atoms with Crippen LogP contribution in [0.4, 0.5) is 10.1 Å². The Labute approximate surface area is 145 Å². The molecule has 0 atom stereocenters. The number of amides is 1. The molecule has 1 N–H and O–H groups in total. The highest BCUT2D eigenvalue weighted by Gasteiger charge is 2.15. The standard InChI is InChI=1S/C19H18FNO4/c1-2-24-17-6-4-3-5-16(17)21-18(22)8-7-13-9-15(20)10-14-11-23-12-25-19(13)14/h3-10H,2,11-12H2,1H3,(H,21,22)/b8-7+. The smallest absolute Gasteiger partial charge is 0.248 e. The number of nitrogens with one attached hydrogen (secondary N) is 1. The summed E-state index contributed by atoms with van der Waals surface area (Å²) >= 11 is 0. The van der Waals surface area contributed by atoms with Crippen LogP contribution in [-0.4, -0.2) is 19.3 Å². The number of hydrogen-bond donors (Lipinski definition) is 1. The summed E-state index contributed by atoms with van der Waals surface area (Å²) < 4.78 is 29.7. The molecule has 1 heterocycles. The Balaban J connectivity index is 1.77. The van der Waals surface area contributed by atoms with Gasteiger partial charge in [-0.25, -0.2) is 4.39 Å². The molecule has 2 aromatic rings. The zero-order chi connectivity index (χ0) is 17.6. The zero-order valence-corrected chi connectivity index (χ0v) is 13.8. The van der Waals surface area contributed by atoms with Crippen LogP contribution in [0.1, 0.15) is 18.1 Å². The molecule has 0 fully saturated rings. The number of para-hydroxylation sites is 2. The number of anilines is 1. The van der Waals surface area contributed by atoms with Crippen molar-refractivity contribution in [1.82, 2.24) is 0 Å². The summed E-state index contributed by atoms with van der Waals surface area (Å²) in [4.78, 5) is 12.2. The van der Waals surface area contributed by atoms with Crippen LogP contribution < -0.4 is 14.8 Å². The third kappa shape index (κ3) is 4.16. The van der Waals surface area contributed by atoms with E-state index in [0.717, 1.165) is 0 Å². The molecule has 1 aliphatic rings. The first-order chi connectivity index (χ1) is 12.2. The molecule has 2 aromatic carbocycles. The largest absolute Gasteiger partial charge is 0.492 e. The van der Waals surface area contributed by atoms with Gasteiger partial charge in [0.25, 0.3) is 0 Å². The first kappa shape index (κ1) is 17.0. The van der Waals surface area contributed by atoms with Gasteiger partial charge < -0.3 is 19.5 Å². The maximum absolute atomic E-state index is 13.7. The predicted molar refractivity (Wildman–Crippen MR) is 92.0 cm³/mol. The van der Waals surface area contributed by atoms with Gasteiger partial charge in [0.2, 0.25) is 5.91 Å². The maximum Gasteiger partial charge on any atom is 0.248 e. The molecule has 3 rings (SSSR count). The van der Waals surface area contributed by atoms with Crippen molar-refractivity contribution >= 4 is 17.7 Å². The van der Waals surface area contributed by atoms with Gasteiger partial charge in [-0.3, -0.25) is 4.79 Å². The van der Waals surface area contributed by atoms with Crippen molar-refractivity contribution < 1.29 is 23.4 Å². The van der Waals surface area contributed by atoms with Gasteiger partial charge in [-0.05, 0) is 37.3 Å². The molecular weight excluding hydrogens is 325 g/mol. The highest BCUT2D eigenvalue weighted by Crippen LogP contribution is 2.30. The Hall–Kier alpha value is -2.86. The third-order valence-corrected chi connectivity index (χ3v) is 3.56. The van der Waals surface area contributed by atoms with Crippen molar-refractivity contribution in [3.63, 3.8) is 0 Å². The molecule has 0 spiro atoms. The molecule has 25 heavy (non-hydrogen) atoms. The minimum Gasteiger partial charge on any atom is -0.492 e. The molecule has 5 nitrogen and oxygen atoms in total. The van der Waals surface area contributed by atoms with E-state index >= 15 is 0 Å². The number of fused-ring (bicyclic) bond motifs is 1. The lowest BCUT2D eigenvalue weighted by molar-refractivity contribution is -0.111. The normalized spacial score (nSPS) is 13.2. The summed E-state index contributed by atoms with van der Waals surface area (Å²) in [7, 11) is 0. The lowest BCUT2D eigenvalue weighted by atomic mass is 10.1. The second-order valence-corrected chi connectivity index (χ2v) is 5.35. The number of ether oxygens (including phenoxy) is 3. The lowest BCUT2D eigenvalue weighted by Crippen LogP contribution is -2.13. The quantitative estimate of drug-likeness (QED) is 0.840. The fourth-order valence-electron chi connectivity index (χ4n) is 2.52. The van der Waals surface area contributed by atoms with Gasteiger partial charge in [-0.1, -0.05) is 12.1 Å². The first-order valence-corrected chi connectivity index (χ1v) is 7.91. The van der Waals surface area contributed by atoms with Crippen molar-refractivity contribution in [2.75, 3.05) is 18.7 Å². The van der Waals surface area contributed by atoms with Crippen molar-refractivity contribution in [2.45, 2.75) is 13.5 Å². The fourth-order valence-corrected chi connectivity index (χ4v) is 2.52. The molecule has 0 saturated carbocycles. The molecule has 0 radical (unpaired) electrons. The van der Waals surface area contributed by atoms with Gasteiger partial charge in [0.15, 0.2) is 6.79 Å². The van der Waals surface area contributed by atoms with Crippen molar-refractivity contribution in [3.05, 3.63) is 59.4 Å². The van der Waals surface area contributed by atoms with E-state index in [-0.39, 0.29) is 19.3 Å². The van der Waals surface area contributed by atoms with Crippen LogP contribution in [0.25, 0.3) is 6.08 Å². The summed E-state index contributed by atoms with van der Waals surface area (Å²) in [5.74, 6) is 0.369. The van der Waals surface area contributed by atoms with Gasteiger partial charge in [0.05, 0.1) is 18.9 Å². The number of benzene rings is 2. The number of halogens is 1. The fraction of sp³-hybridized carbons (Fsp3) is 0.211. The second kappa shape index (κ2) is 7.81. The topological polar surface area (TPSA) is 56.8 Å². The van der Waals surface area contributed by atoms with Gasteiger partial charge in [-0.2, -0.15) is 0 Å². The van der Waals surface area contributed by atoms with Crippen molar-refractivity contribution in [3.8, 4) is 11.5 Å². The van der Waals surface area contributed by atoms with E-state index in [2.05, 4.69) is 5.32 Å². The zero-order valence-electron chi connectivity index (χ0n) is 13.8. The van der Waals surface area contributed by atoms with E-state index < -0.39 is 5.82 Å². The second-order valence-electron chi connectivity index (χ2n) is 5.35. The Morgan fingerprint density at radius 3 is 3.04 bits per heavy atom. The Bertz CT molecular complexity index is 804. The first-order valence-electron chi connectivity index (χ1n) is 7.91. The average molecular weight is 343 g/mol. The van der Waals surface area contributed by atoms with Crippen LogP contribution in [0.5, 0.6) is 11.5 Å². The molecule has 0 aromatic heterocycles. The maximum atomic E-state index is 13.7. The van der Waals surface area contributed by atoms with Gasteiger partial charge in [-0.15, -0.1) is 0 Å². The van der Waals surface area contributed by atoms with Crippen molar-refractivity contribution in [1.29, 1.82) is 0 Å². The summed E-state index contributed by atoms with van der Waals surface area (Å²) in [5, 5.41) is 2.75. The van der Waals surface area contributed by atoms with E-state index in [1.54, 1.807) is 18.2 Å². The number of carbonyl (C=O) groups excluding carboxylic acids is 1. The number of hydrogen-bond acceptors (Lipinski definition) is 4. The monoisotopic (exact) mass is 343 g/mol. The Morgan fingerprint density at radius 1 is 1.36 bits per heavy atom. The number of carbonyl (C=O) groups is 1. The molecule has 1 aliphatic heterocycles. The highest BCUT2D eigenvalue weighted by molar-refractivity contribution is 6.03. The summed E-state index contributed by atoms with van der Waals surface area (Å²) in [6, 6.07) is 9.85. The predicted octanol–water partition coefficient (Wildman–Crippen LogP) is 3.74. The van der Waals surface area contributed by atoms with Gasteiger partial charge in [0, 0.05) is 17.2 Å². The summed E-state index contributed by atoms with van der Waals surface area (Å²) in [6.07, 6.45) is 2.85. The van der Waals surface area contributed by atoms with Crippen LogP contribution in [-0.2, 0) is 16.1 Å². The molecule has 6 heteroatoms. The average Bonchev–Trinajstić information content (AvgIpc) is 2.61. The molecule has 0 unspecified atom stereocenters. The van der Waals surface area contributed by atoms with E-state index in [0.29, 0.717) is 34.9 Å². The van der Waals surface area contributed by atoms with E-state index in [1.807, 2.05) is 13.0 Å². The van der Waals surface area contributed by atoms with E-state index in [9.17, 15) is 9.18 Å². The Kier molecular flexibility index (Phi) is 5.30. The van der Waals surface area contributed by atoms with Crippen LogP contribution in [0.15, 0.2) is 42.5 Å². The summed E-state index contributed by atoms with van der Waals surface area (Å²) in [5.41, 5.74) is 1.68. The van der Waals surface area contributed by atoms with Crippen LogP contribution in [0.2, 0.25) is 0 Å². The van der Waals surface area contributed by atoms with Crippen LogP contribution in [0, 0.1) is 5.82 Å². The molecule has 0 bridgehead atoms. The molecular formula is C19H18FNO4. The SMILES string of the molecule is CCOc1ccccc1NC(=O)/C=C/c1cc(F)cc2c1OCOC2. The van der Waals surface area contributed by atoms with Crippen molar-refractivity contribution in [2.24, 2.45) is 0 Å². The van der Waals surface area contributed by atoms with Gasteiger partial charge >= 0.3 is 0 Å². The van der Waals surface area contributed by atoms with E-state index in [4.69, 9.17) is 14.2 Å². The van der Waals surface area contributed by atoms with Crippen LogP contribution in [0.3, 0.4) is 0 Å².